The number of halogens is 2. The van der Waals surface area contributed by atoms with E-state index in [0.29, 0.717) is 25.4 Å². The molecule has 4 aromatic carbocycles. The highest BCUT2D eigenvalue weighted by Gasteiger charge is 2.70. The lowest BCUT2D eigenvalue weighted by Gasteiger charge is -2.50. The van der Waals surface area contributed by atoms with Crippen molar-refractivity contribution in [2.24, 2.45) is 23.7 Å². The smallest absolute Gasteiger partial charge is 0.335 e. The minimum atomic E-state index is -1.50. The summed E-state index contributed by atoms with van der Waals surface area (Å²) in [5.41, 5.74) is 0.855. The summed E-state index contributed by atoms with van der Waals surface area (Å²) in [5, 5.41) is 20.9. The molecule has 0 aromatic heterocycles. The number of phenolic OH excluding ortho intramolecular Hbond substituents is 1. The Hall–Kier alpha value is -5.01. The van der Waals surface area contributed by atoms with Crippen LogP contribution in [0.2, 0.25) is 5.02 Å². The van der Waals surface area contributed by atoms with Crippen molar-refractivity contribution in [1.29, 1.82) is 0 Å². The van der Waals surface area contributed by atoms with Gasteiger partial charge in [-0.1, -0.05) is 65.7 Å². The largest absolute Gasteiger partial charge is 0.504 e. The molecule has 2 aliphatic carbocycles. The summed E-state index contributed by atoms with van der Waals surface area (Å²) in [5.74, 6) is -7.00. The number of aromatic hydroxyl groups is 1. The quantitative estimate of drug-likeness (QED) is 0.124. The van der Waals surface area contributed by atoms with E-state index in [-0.39, 0.29) is 35.6 Å². The highest BCUT2D eigenvalue weighted by atomic mass is 127. The number of carboxylic acid groups (broad SMARTS) is 1. The number of amides is 4. The minimum absolute atomic E-state index is 0.0655. The SMILES string of the molecule is COc1cc([C@H]2C3=CC[C@@H]4C(=O)N(c5cccc(C(=O)O)c5)C(=O)[C@@H]4[C@@H]3C[C@H]3C(=O)N(c4cccc(Cl)c4)C(=O)[C@@]23c2ccccc2)cc(I)c1O. The lowest BCUT2D eigenvalue weighted by atomic mass is 9.49. The number of imide groups is 2. The van der Waals surface area contributed by atoms with E-state index in [9.17, 15) is 29.4 Å². The maximum absolute atomic E-state index is 15.4. The number of anilines is 2. The Morgan fingerprint density at radius 3 is 2.27 bits per heavy atom. The van der Waals surface area contributed by atoms with Crippen LogP contribution in [0.1, 0.15) is 40.2 Å². The summed E-state index contributed by atoms with van der Waals surface area (Å²) in [6.07, 6.45) is 2.22. The molecule has 4 aromatic rings. The zero-order chi connectivity index (χ0) is 36.6. The first-order chi connectivity index (χ1) is 25.0. The molecule has 2 heterocycles. The van der Waals surface area contributed by atoms with Gasteiger partial charge in [0.05, 0.1) is 50.8 Å². The average molecular weight is 829 g/mol. The summed E-state index contributed by atoms with van der Waals surface area (Å²) >= 11 is 8.39. The third-order valence-corrected chi connectivity index (χ3v) is 12.2. The number of methoxy groups -OCH3 is 1. The molecule has 2 aliphatic heterocycles. The first-order valence-electron chi connectivity index (χ1n) is 16.7. The van der Waals surface area contributed by atoms with Crippen LogP contribution >= 0.6 is 34.2 Å². The van der Waals surface area contributed by atoms with Gasteiger partial charge in [-0.3, -0.25) is 24.1 Å². The zero-order valence-electron chi connectivity index (χ0n) is 27.5. The number of carbonyl (C=O) groups excluding carboxylic acids is 4. The molecule has 4 amide bonds. The van der Waals surface area contributed by atoms with Gasteiger partial charge in [0.25, 0.3) is 0 Å². The molecule has 8 rings (SSSR count). The lowest BCUT2D eigenvalue weighted by Crippen LogP contribution is -2.53. The number of aromatic carboxylic acids is 1. The number of benzene rings is 4. The minimum Gasteiger partial charge on any atom is -0.504 e. The normalized spacial score (nSPS) is 26.5. The van der Waals surface area contributed by atoms with Crippen LogP contribution in [-0.2, 0) is 24.6 Å². The fourth-order valence-electron chi connectivity index (χ4n) is 9.07. The van der Waals surface area contributed by atoms with Gasteiger partial charge in [0, 0.05) is 10.9 Å². The van der Waals surface area contributed by atoms with E-state index in [1.807, 2.05) is 59.0 Å². The van der Waals surface area contributed by atoms with Crippen molar-refractivity contribution in [3.63, 3.8) is 0 Å². The molecule has 4 aliphatic rings. The Morgan fingerprint density at radius 2 is 1.58 bits per heavy atom. The van der Waals surface area contributed by atoms with E-state index in [4.69, 9.17) is 16.3 Å². The van der Waals surface area contributed by atoms with E-state index >= 15 is 4.79 Å². The van der Waals surface area contributed by atoms with Crippen molar-refractivity contribution in [3.8, 4) is 11.5 Å². The van der Waals surface area contributed by atoms with Crippen LogP contribution in [0, 0.1) is 27.2 Å². The third-order valence-electron chi connectivity index (χ3n) is 11.1. The zero-order valence-corrected chi connectivity index (χ0v) is 30.4. The molecule has 0 unspecified atom stereocenters. The Bertz CT molecular complexity index is 2260. The van der Waals surface area contributed by atoms with Gasteiger partial charge in [-0.15, -0.1) is 0 Å². The van der Waals surface area contributed by atoms with Crippen molar-refractivity contribution in [2.45, 2.75) is 24.2 Å². The van der Waals surface area contributed by atoms with Gasteiger partial charge in [-0.2, -0.15) is 0 Å². The number of hydrogen-bond donors (Lipinski definition) is 2. The molecule has 12 heteroatoms. The monoisotopic (exact) mass is 828 g/mol. The summed E-state index contributed by atoms with van der Waals surface area (Å²) < 4.78 is 6.05. The van der Waals surface area contributed by atoms with E-state index in [2.05, 4.69) is 0 Å². The maximum Gasteiger partial charge on any atom is 0.335 e. The summed E-state index contributed by atoms with van der Waals surface area (Å²) in [6, 6.07) is 24.9. The first-order valence-corrected chi connectivity index (χ1v) is 18.1. The molecule has 2 saturated heterocycles. The van der Waals surface area contributed by atoms with Crippen molar-refractivity contribution in [2.75, 3.05) is 16.9 Å². The fraction of sp³-hybridized carbons (Fsp3) is 0.225. The van der Waals surface area contributed by atoms with E-state index in [1.54, 1.807) is 36.4 Å². The molecule has 52 heavy (non-hydrogen) atoms. The molecule has 262 valence electrons. The van der Waals surface area contributed by atoms with Crippen LogP contribution in [0.5, 0.6) is 11.5 Å². The van der Waals surface area contributed by atoms with Crippen molar-refractivity contribution in [3.05, 3.63) is 128 Å². The number of carbonyl (C=O) groups is 5. The number of fused-ring (bicyclic) bond motifs is 4. The molecule has 0 radical (unpaired) electrons. The summed E-state index contributed by atoms with van der Waals surface area (Å²) in [7, 11) is 1.43. The van der Waals surface area contributed by atoms with Crippen LogP contribution in [-0.4, -0.2) is 46.9 Å². The second kappa shape index (κ2) is 12.6. The number of phenols is 1. The molecular weight excluding hydrogens is 799 g/mol. The van der Waals surface area contributed by atoms with E-state index in [1.165, 1.54) is 36.3 Å². The van der Waals surface area contributed by atoms with Gasteiger partial charge < -0.3 is 14.9 Å². The molecule has 3 fully saturated rings. The number of carboxylic acids is 1. The number of hydrogen-bond acceptors (Lipinski definition) is 7. The van der Waals surface area contributed by atoms with Crippen molar-refractivity contribution in [1.82, 2.24) is 0 Å². The maximum atomic E-state index is 15.4. The highest BCUT2D eigenvalue weighted by molar-refractivity contribution is 14.1. The molecule has 0 spiro atoms. The van der Waals surface area contributed by atoms with Crippen LogP contribution in [0.25, 0.3) is 0 Å². The predicted molar refractivity (Wildman–Crippen MR) is 199 cm³/mol. The summed E-state index contributed by atoms with van der Waals surface area (Å²) in [4.78, 5) is 73.0. The van der Waals surface area contributed by atoms with Gasteiger partial charge in [0.2, 0.25) is 23.6 Å². The van der Waals surface area contributed by atoms with Gasteiger partial charge in [0.15, 0.2) is 11.5 Å². The Kier molecular flexibility index (Phi) is 8.25. The second-order valence-corrected chi connectivity index (χ2v) is 15.1. The fourth-order valence-corrected chi connectivity index (χ4v) is 9.88. The predicted octanol–water partition coefficient (Wildman–Crippen LogP) is 6.72. The molecule has 2 N–H and O–H groups in total. The van der Waals surface area contributed by atoms with Gasteiger partial charge in [-0.25, -0.2) is 9.69 Å². The second-order valence-electron chi connectivity index (χ2n) is 13.5. The van der Waals surface area contributed by atoms with Crippen molar-refractivity contribution >= 4 is 75.2 Å². The number of allylic oxidation sites excluding steroid dienone is 2. The van der Waals surface area contributed by atoms with Crippen LogP contribution in [0.4, 0.5) is 11.4 Å². The molecule has 6 atom stereocenters. The molecular formula is C40H30ClIN2O8. The van der Waals surface area contributed by atoms with Crippen LogP contribution in [0.3, 0.4) is 0 Å². The van der Waals surface area contributed by atoms with Gasteiger partial charge in [0.1, 0.15) is 0 Å². The lowest BCUT2D eigenvalue weighted by molar-refractivity contribution is -0.127. The van der Waals surface area contributed by atoms with E-state index in [0.717, 1.165) is 10.5 Å². The van der Waals surface area contributed by atoms with Gasteiger partial charge in [-0.05, 0) is 101 Å². The third kappa shape index (κ3) is 4.85. The summed E-state index contributed by atoms with van der Waals surface area (Å²) in [6.45, 7) is 0. The Labute approximate surface area is 316 Å². The van der Waals surface area contributed by atoms with Crippen molar-refractivity contribution < 1.29 is 38.9 Å². The average Bonchev–Trinajstić information content (AvgIpc) is 3.53. The first kappa shape index (κ1) is 34.1. The van der Waals surface area contributed by atoms with E-state index < -0.39 is 64.6 Å². The standard InChI is InChI=1S/C40H30ClIN2O8/c1-52-31-17-21(16-30(42)34(31)45)33-26-13-14-27-32(37(48)43(35(27)46)24-11-5-7-20(15-24)38(49)50)28(26)19-29-36(47)44(25-12-6-10-23(41)18-25)39(51)40(29,33)22-8-3-2-4-9-22/h2-13,15-18,27-29,32-33,45H,14,19H2,1H3,(H,49,50)/t27-,28+,29-,32-,33-,40+/m0/s1. The number of rotatable bonds is 6. The van der Waals surface area contributed by atoms with Crippen LogP contribution in [0.15, 0.2) is 103 Å². The Balaban J connectivity index is 1.36. The topological polar surface area (TPSA) is 142 Å². The van der Waals surface area contributed by atoms with Gasteiger partial charge >= 0.3 is 5.97 Å². The number of nitrogens with zero attached hydrogens (tertiary/aromatic N) is 2. The highest BCUT2D eigenvalue weighted by Crippen LogP contribution is 2.65. The Morgan fingerprint density at radius 1 is 0.865 bits per heavy atom. The number of ether oxygens (including phenoxy) is 1. The van der Waals surface area contributed by atoms with Crippen LogP contribution < -0.4 is 14.5 Å². The molecule has 1 saturated carbocycles. The molecule has 0 bridgehead atoms. The molecule has 10 nitrogen and oxygen atoms in total.